The molecule has 0 unspecified atom stereocenters. The smallest absolute Gasteiger partial charge is 0.120 e. The van der Waals surface area contributed by atoms with Gasteiger partial charge in [-0.3, -0.25) is 4.90 Å². The molecule has 84 valence electrons. The first-order valence-corrected chi connectivity index (χ1v) is 5.71. The molecule has 0 aliphatic carbocycles. The number of hydrogen-bond acceptors (Lipinski definition) is 3. The molecule has 15 heavy (non-hydrogen) atoms. The lowest BCUT2D eigenvalue weighted by Gasteiger charge is -2.25. The highest BCUT2D eigenvalue weighted by Gasteiger charge is 2.20. The standard InChI is InChI=1S/C12H20N2O/c1-10(12-4-3-7-15-12)14(2)9-11-5-6-13-8-11/h3-4,7,10-11,13H,5-6,8-9H2,1-2H3/t10-,11-/m1/s1. The second kappa shape index (κ2) is 4.81. The molecule has 1 fully saturated rings. The monoisotopic (exact) mass is 208 g/mol. The molecule has 0 radical (unpaired) electrons. The van der Waals surface area contributed by atoms with Crippen LogP contribution in [0.25, 0.3) is 0 Å². The molecule has 2 atom stereocenters. The quantitative estimate of drug-likeness (QED) is 0.819. The van der Waals surface area contributed by atoms with E-state index < -0.39 is 0 Å². The second-order valence-electron chi connectivity index (χ2n) is 4.49. The summed E-state index contributed by atoms with van der Waals surface area (Å²) in [7, 11) is 2.17. The zero-order valence-corrected chi connectivity index (χ0v) is 9.57. The first-order valence-electron chi connectivity index (χ1n) is 5.71. The van der Waals surface area contributed by atoms with Crippen molar-refractivity contribution in [2.24, 2.45) is 5.92 Å². The summed E-state index contributed by atoms with van der Waals surface area (Å²) in [4.78, 5) is 2.37. The fourth-order valence-corrected chi connectivity index (χ4v) is 2.18. The van der Waals surface area contributed by atoms with Crippen molar-refractivity contribution < 1.29 is 4.42 Å². The molecule has 0 bridgehead atoms. The SMILES string of the molecule is C[C@H](c1ccco1)N(C)C[C@@H]1CCNC1. The Labute approximate surface area is 91.4 Å². The van der Waals surface area contributed by atoms with Gasteiger partial charge in [0.1, 0.15) is 5.76 Å². The normalized spacial score (nSPS) is 23.5. The Kier molecular flexibility index (Phi) is 3.44. The predicted molar refractivity (Wildman–Crippen MR) is 60.7 cm³/mol. The second-order valence-corrected chi connectivity index (χ2v) is 4.49. The first-order chi connectivity index (χ1) is 7.27. The highest BCUT2D eigenvalue weighted by molar-refractivity contribution is 5.03. The highest BCUT2D eigenvalue weighted by Crippen LogP contribution is 2.21. The van der Waals surface area contributed by atoms with E-state index in [2.05, 4.69) is 24.2 Å². The molecule has 1 N–H and O–H groups in total. The summed E-state index contributed by atoms with van der Waals surface area (Å²) in [5.74, 6) is 1.86. The van der Waals surface area contributed by atoms with Crippen LogP contribution in [0.5, 0.6) is 0 Å². The average molecular weight is 208 g/mol. The van der Waals surface area contributed by atoms with Crippen LogP contribution in [0.4, 0.5) is 0 Å². The molecule has 0 spiro atoms. The minimum atomic E-state index is 0.376. The molecule has 2 rings (SSSR count). The Morgan fingerprint density at radius 1 is 1.67 bits per heavy atom. The zero-order chi connectivity index (χ0) is 10.7. The summed E-state index contributed by atoms with van der Waals surface area (Å²) in [6.45, 7) is 5.68. The van der Waals surface area contributed by atoms with Gasteiger partial charge in [0, 0.05) is 6.54 Å². The van der Waals surface area contributed by atoms with Crippen molar-refractivity contribution in [3.63, 3.8) is 0 Å². The van der Waals surface area contributed by atoms with Gasteiger partial charge < -0.3 is 9.73 Å². The van der Waals surface area contributed by atoms with Crippen molar-refractivity contribution in [1.29, 1.82) is 0 Å². The number of hydrogen-bond donors (Lipinski definition) is 1. The number of nitrogens with zero attached hydrogens (tertiary/aromatic N) is 1. The lowest BCUT2D eigenvalue weighted by Crippen LogP contribution is -2.29. The maximum atomic E-state index is 5.42. The molecule has 1 saturated heterocycles. The molecule has 1 aromatic heterocycles. The van der Waals surface area contributed by atoms with Gasteiger partial charge in [0.05, 0.1) is 12.3 Å². The van der Waals surface area contributed by atoms with Gasteiger partial charge in [-0.1, -0.05) is 0 Å². The van der Waals surface area contributed by atoms with Gasteiger partial charge in [0.2, 0.25) is 0 Å². The summed E-state index contributed by atoms with van der Waals surface area (Å²) >= 11 is 0. The van der Waals surface area contributed by atoms with Crippen LogP contribution < -0.4 is 5.32 Å². The molecule has 0 aromatic carbocycles. The molecule has 1 aliphatic rings. The lowest BCUT2D eigenvalue weighted by atomic mass is 10.1. The maximum Gasteiger partial charge on any atom is 0.120 e. The molecule has 3 heteroatoms. The van der Waals surface area contributed by atoms with Crippen LogP contribution in [0.3, 0.4) is 0 Å². The fraction of sp³-hybridized carbons (Fsp3) is 0.667. The van der Waals surface area contributed by atoms with Gasteiger partial charge in [-0.15, -0.1) is 0 Å². The van der Waals surface area contributed by atoms with Crippen LogP contribution in [0.15, 0.2) is 22.8 Å². The van der Waals surface area contributed by atoms with Gasteiger partial charge in [-0.25, -0.2) is 0 Å². The van der Waals surface area contributed by atoms with Crippen LogP contribution in [0.2, 0.25) is 0 Å². The van der Waals surface area contributed by atoms with Crippen molar-refractivity contribution in [1.82, 2.24) is 10.2 Å². The maximum absolute atomic E-state index is 5.42. The van der Waals surface area contributed by atoms with E-state index >= 15 is 0 Å². The Morgan fingerprint density at radius 3 is 3.13 bits per heavy atom. The topological polar surface area (TPSA) is 28.4 Å². The molecule has 1 aliphatic heterocycles. The van der Waals surface area contributed by atoms with E-state index in [9.17, 15) is 0 Å². The molecular formula is C12H20N2O. The van der Waals surface area contributed by atoms with Crippen molar-refractivity contribution in [2.75, 3.05) is 26.7 Å². The van der Waals surface area contributed by atoms with Crippen molar-refractivity contribution in [3.8, 4) is 0 Å². The van der Waals surface area contributed by atoms with E-state index in [1.807, 2.05) is 12.1 Å². The van der Waals surface area contributed by atoms with Gasteiger partial charge in [0.15, 0.2) is 0 Å². The van der Waals surface area contributed by atoms with Crippen molar-refractivity contribution in [2.45, 2.75) is 19.4 Å². The summed E-state index contributed by atoms with van der Waals surface area (Å²) in [5, 5.41) is 3.40. The van der Waals surface area contributed by atoms with Gasteiger partial charge in [-0.2, -0.15) is 0 Å². The average Bonchev–Trinajstić information content (AvgIpc) is 2.88. The van der Waals surface area contributed by atoms with Gasteiger partial charge in [-0.05, 0) is 51.5 Å². The van der Waals surface area contributed by atoms with E-state index in [1.54, 1.807) is 6.26 Å². The molecular weight excluding hydrogens is 188 g/mol. The lowest BCUT2D eigenvalue weighted by molar-refractivity contribution is 0.203. The van der Waals surface area contributed by atoms with Crippen LogP contribution in [0.1, 0.15) is 25.1 Å². The van der Waals surface area contributed by atoms with Gasteiger partial charge in [0.25, 0.3) is 0 Å². The third-order valence-corrected chi connectivity index (χ3v) is 3.32. The minimum absolute atomic E-state index is 0.376. The van der Waals surface area contributed by atoms with Crippen LogP contribution in [0, 0.1) is 5.92 Å². The first kappa shape index (κ1) is 10.7. The molecule has 0 amide bonds. The fourth-order valence-electron chi connectivity index (χ4n) is 2.18. The predicted octanol–water partition coefficient (Wildman–Crippen LogP) is 1.88. The summed E-state index contributed by atoms with van der Waals surface area (Å²) < 4.78 is 5.42. The largest absolute Gasteiger partial charge is 0.468 e. The van der Waals surface area contributed by atoms with E-state index in [4.69, 9.17) is 4.42 Å². The third-order valence-electron chi connectivity index (χ3n) is 3.32. The van der Waals surface area contributed by atoms with E-state index in [1.165, 1.54) is 13.0 Å². The number of nitrogens with one attached hydrogen (secondary N) is 1. The Bertz CT molecular complexity index is 278. The van der Waals surface area contributed by atoms with Crippen molar-refractivity contribution in [3.05, 3.63) is 24.2 Å². The highest BCUT2D eigenvalue weighted by atomic mass is 16.3. The third kappa shape index (κ3) is 2.61. The van der Waals surface area contributed by atoms with Crippen LogP contribution in [-0.2, 0) is 0 Å². The Morgan fingerprint density at radius 2 is 2.53 bits per heavy atom. The van der Waals surface area contributed by atoms with E-state index in [-0.39, 0.29) is 0 Å². The van der Waals surface area contributed by atoms with E-state index in [0.29, 0.717) is 6.04 Å². The number of rotatable bonds is 4. The Balaban J connectivity index is 1.87. The summed E-state index contributed by atoms with van der Waals surface area (Å²) in [5.41, 5.74) is 0. The summed E-state index contributed by atoms with van der Waals surface area (Å²) in [6, 6.07) is 4.38. The molecule has 0 saturated carbocycles. The molecule has 1 aromatic rings. The Hall–Kier alpha value is -0.800. The molecule has 3 nitrogen and oxygen atoms in total. The molecule has 2 heterocycles. The zero-order valence-electron chi connectivity index (χ0n) is 9.57. The van der Waals surface area contributed by atoms with Gasteiger partial charge >= 0.3 is 0 Å². The minimum Gasteiger partial charge on any atom is -0.468 e. The number of furan rings is 1. The summed E-state index contributed by atoms with van der Waals surface area (Å²) in [6.07, 6.45) is 3.05. The van der Waals surface area contributed by atoms with E-state index in [0.717, 1.165) is 24.8 Å². The van der Waals surface area contributed by atoms with Crippen molar-refractivity contribution >= 4 is 0 Å². The van der Waals surface area contributed by atoms with Crippen LogP contribution in [-0.4, -0.2) is 31.6 Å². The van der Waals surface area contributed by atoms with Crippen LogP contribution >= 0.6 is 0 Å².